The molecule has 1 aliphatic rings. The number of carbonyl (C=O) groups is 1. The third kappa shape index (κ3) is 3.88. The third-order valence-corrected chi connectivity index (χ3v) is 6.07. The highest BCUT2D eigenvalue weighted by Gasteiger charge is 2.22. The minimum Gasteiger partial charge on any atom is -0.497 e. The molecule has 0 saturated heterocycles. The van der Waals surface area contributed by atoms with Crippen LogP contribution in [0.4, 0.5) is 0 Å². The zero-order chi connectivity index (χ0) is 17.8. The molecule has 25 heavy (non-hydrogen) atoms. The molecule has 4 nitrogen and oxygen atoms in total. The number of thiophene rings is 1. The molecule has 3 rings (SSSR count). The van der Waals surface area contributed by atoms with E-state index in [-0.39, 0.29) is 5.91 Å². The highest BCUT2D eigenvalue weighted by Crippen LogP contribution is 2.40. The Hall–Kier alpha value is -1.85. The van der Waals surface area contributed by atoms with Gasteiger partial charge in [-0.05, 0) is 66.9 Å². The lowest BCUT2D eigenvalue weighted by Gasteiger charge is -2.17. The van der Waals surface area contributed by atoms with Crippen LogP contribution >= 0.6 is 11.3 Å². The van der Waals surface area contributed by atoms with Crippen LogP contribution < -0.4 is 10.1 Å². The lowest BCUT2D eigenvalue weighted by atomic mass is 9.91. The Labute approximate surface area is 153 Å². The third-order valence-electron chi connectivity index (χ3n) is 4.86. The Morgan fingerprint density at radius 2 is 1.96 bits per heavy atom. The molecule has 1 amide bonds. The van der Waals surface area contributed by atoms with Crippen LogP contribution in [0.3, 0.4) is 0 Å². The minimum absolute atomic E-state index is 0.0432. The van der Waals surface area contributed by atoms with E-state index < -0.39 is 0 Å². The molecular weight excluding hydrogens is 332 g/mol. The van der Waals surface area contributed by atoms with Crippen molar-refractivity contribution in [3.05, 3.63) is 40.3 Å². The van der Waals surface area contributed by atoms with Crippen molar-refractivity contribution >= 4 is 17.2 Å². The summed E-state index contributed by atoms with van der Waals surface area (Å²) < 4.78 is 5.33. The van der Waals surface area contributed by atoms with E-state index in [1.54, 1.807) is 18.4 Å². The summed E-state index contributed by atoms with van der Waals surface area (Å²) >= 11 is 1.60. The van der Waals surface area contributed by atoms with Crippen molar-refractivity contribution < 1.29 is 9.53 Å². The van der Waals surface area contributed by atoms with Gasteiger partial charge in [-0.3, -0.25) is 4.79 Å². The summed E-state index contributed by atoms with van der Waals surface area (Å²) in [5.41, 5.74) is 3.84. The van der Waals surface area contributed by atoms with Crippen molar-refractivity contribution in [3.63, 3.8) is 0 Å². The summed E-state index contributed by atoms with van der Waals surface area (Å²) in [6, 6.07) is 8.30. The van der Waals surface area contributed by atoms with Gasteiger partial charge in [0, 0.05) is 18.0 Å². The monoisotopic (exact) mass is 358 g/mol. The molecule has 0 fully saturated rings. The van der Waals surface area contributed by atoms with Crippen molar-refractivity contribution in [3.8, 4) is 16.2 Å². The fourth-order valence-corrected chi connectivity index (χ4v) is 4.49. The number of carbonyl (C=O) groups excluding carboxylic acids is 1. The molecule has 0 unspecified atom stereocenters. The number of nitrogens with zero attached hydrogens (tertiary/aromatic N) is 1. The van der Waals surface area contributed by atoms with E-state index in [0.717, 1.165) is 43.1 Å². The summed E-state index contributed by atoms with van der Waals surface area (Å²) in [4.78, 5) is 16.8. The fourth-order valence-electron chi connectivity index (χ4n) is 3.30. The van der Waals surface area contributed by atoms with Crippen molar-refractivity contribution in [2.24, 2.45) is 0 Å². The molecule has 0 bridgehead atoms. The summed E-state index contributed by atoms with van der Waals surface area (Å²) in [7, 11) is 1.70. The van der Waals surface area contributed by atoms with E-state index in [1.165, 1.54) is 21.6 Å². The van der Waals surface area contributed by atoms with Crippen LogP contribution in [0.1, 0.15) is 34.6 Å². The topological polar surface area (TPSA) is 41.6 Å². The molecular formula is C20H26N2O2S. The standard InChI is InChI=1S/C20H26N2O2S/c1-4-22(5-2)11-10-21-20(23)18-13-15-7-6-14-12-16(24-3)8-9-17(14)19(15)25-18/h8-9,12-13H,4-7,10-11H2,1-3H3,(H,21,23). The van der Waals surface area contributed by atoms with Crippen LogP contribution in [0, 0.1) is 0 Å². The molecule has 1 aromatic carbocycles. The second-order valence-electron chi connectivity index (χ2n) is 6.27. The quantitative estimate of drug-likeness (QED) is 0.822. The van der Waals surface area contributed by atoms with Gasteiger partial charge in [0.1, 0.15) is 5.75 Å². The molecule has 1 aliphatic carbocycles. The summed E-state index contributed by atoms with van der Waals surface area (Å²) in [6.45, 7) is 7.90. The Balaban J connectivity index is 1.72. The number of rotatable bonds is 7. The van der Waals surface area contributed by atoms with Gasteiger partial charge in [0.15, 0.2) is 0 Å². The van der Waals surface area contributed by atoms with Crippen LogP contribution in [0.15, 0.2) is 24.3 Å². The molecule has 0 radical (unpaired) electrons. The average Bonchev–Trinajstić information content (AvgIpc) is 3.09. The van der Waals surface area contributed by atoms with Gasteiger partial charge in [-0.15, -0.1) is 11.3 Å². The molecule has 0 saturated carbocycles. The zero-order valence-electron chi connectivity index (χ0n) is 15.2. The first-order valence-electron chi connectivity index (χ1n) is 8.96. The van der Waals surface area contributed by atoms with Crippen LogP contribution in [-0.2, 0) is 12.8 Å². The molecule has 0 atom stereocenters. The van der Waals surface area contributed by atoms with Gasteiger partial charge >= 0.3 is 0 Å². The normalized spacial score (nSPS) is 12.6. The molecule has 1 heterocycles. The van der Waals surface area contributed by atoms with E-state index in [9.17, 15) is 4.79 Å². The van der Waals surface area contributed by atoms with E-state index in [4.69, 9.17) is 4.74 Å². The number of ether oxygens (including phenoxy) is 1. The number of nitrogens with one attached hydrogen (secondary N) is 1. The zero-order valence-corrected chi connectivity index (χ0v) is 16.0. The molecule has 134 valence electrons. The predicted octanol–water partition coefficient (Wildman–Crippen LogP) is 3.59. The van der Waals surface area contributed by atoms with Gasteiger partial charge in [-0.1, -0.05) is 13.8 Å². The first kappa shape index (κ1) is 18.0. The molecule has 2 aromatic rings. The Morgan fingerprint density at radius 3 is 2.68 bits per heavy atom. The Kier molecular flexibility index (Phi) is 5.76. The number of fused-ring (bicyclic) bond motifs is 3. The minimum atomic E-state index is 0.0432. The van der Waals surface area contributed by atoms with Gasteiger partial charge in [0.2, 0.25) is 0 Å². The van der Waals surface area contributed by atoms with Crippen molar-refractivity contribution in [1.82, 2.24) is 10.2 Å². The van der Waals surface area contributed by atoms with Gasteiger partial charge in [-0.25, -0.2) is 0 Å². The number of benzene rings is 1. The SMILES string of the molecule is CCN(CC)CCNC(=O)c1cc2c(s1)-c1ccc(OC)cc1CC2. The van der Waals surface area contributed by atoms with Crippen LogP contribution in [0.2, 0.25) is 0 Å². The first-order valence-corrected chi connectivity index (χ1v) is 9.78. The second kappa shape index (κ2) is 8.02. The smallest absolute Gasteiger partial charge is 0.261 e. The van der Waals surface area contributed by atoms with Crippen molar-refractivity contribution in [1.29, 1.82) is 0 Å². The maximum atomic E-state index is 12.5. The number of methoxy groups -OCH3 is 1. The lowest BCUT2D eigenvalue weighted by molar-refractivity contribution is 0.0953. The highest BCUT2D eigenvalue weighted by molar-refractivity contribution is 7.17. The number of hydrogen-bond donors (Lipinski definition) is 1. The van der Waals surface area contributed by atoms with E-state index in [0.29, 0.717) is 6.54 Å². The highest BCUT2D eigenvalue weighted by atomic mass is 32.1. The van der Waals surface area contributed by atoms with E-state index >= 15 is 0 Å². The maximum Gasteiger partial charge on any atom is 0.261 e. The Morgan fingerprint density at radius 1 is 1.20 bits per heavy atom. The first-order chi connectivity index (χ1) is 12.2. The molecule has 0 spiro atoms. The molecule has 0 aliphatic heterocycles. The average molecular weight is 359 g/mol. The second-order valence-corrected chi connectivity index (χ2v) is 7.32. The van der Waals surface area contributed by atoms with Gasteiger partial charge in [-0.2, -0.15) is 0 Å². The van der Waals surface area contributed by atoms with Crippen LogP contribution in [0.5, 0.6) is 5.75 Å². The van der Waals surface area contributed by atoms with Gasteiger partial charge in [0.05, 0.1) is 12.0 Å². The maximum absolute atomic E-state index is 12.5. The van der Waals surface area contributed by atoms with Gasteiger partial charge < -0.3 is 15.0 Å². The van der Waals surface area contributed by atoms with E-state index in [2.05, 4.69) is 42.3 Å². The summed E-state index contributed by atoms with van der Waals surface area (Å²) in [5.74, 6) is 0.940. The van der Waals surface area contributed by atoms with Crippen molar-refractivity contribution in [2.45, 2.75) is 26.7 Å². The summed E-state index contributed by atoms with van der Waals surface area (Å²) in [5, 5.41) is 3.06. The predicted molar refractivity (Wildman–Crippen MR) is 104 cm³/mol. The molecule has 1 N–H and O–H groups in total. The number of aryl methyl sites for hydroxylation is 2. The molecule has 1 aromatic heterocycles. The number of hydrogen-bond acceptors (Lipinski definition) is 4. The number of amides is 1. The lowest BCUT2D eigenvalue weighted by Crippen LogP contribution is -2.34. The van der Waals surface area contributed by atoms with Crippen molar-refractivity contribution in [2.75, 3.05) is 33.3 Å². The van der Waals surface area contributed by atoms with Crippen LogP contribution in [-0.4, -0.2) is 44.1 Å². The number of likely N-dealkylation sites (N-methyl/N-ethyl adjacent to an activating group) is 1. The summed E-state index contributed by atoms with van der Waals surface area (Å²) in [6.07, 6.45) is 1.98. The van der Waals surface area contributed by atoms with Crippen LogP contribution in [0.25, 0.3) is 10.4 Å². The Bertz CT molecular complexity index is 750. The molecule has 5 heteroatoms. The fraction of sp³-hybridized carbons (Fsp3) is 0.450. The van der Waals surface area contributed by atoms with Gasteiger partial charge in [0.25, 0.3) is 5.91 Å². The van der Waals surface area contributed by atoms with E-state index in [1.807, 2.05) is 6.07 Å². The largest absolute Gasteiger partial charge is 0.497 e.